The Morgan fingerprint density at radius 1 is 1.21 bits per heavy atom. The fourth-order valence-electron chi connectivity index (χ4n) is 1.43. The highest BCUT2D eigenvalue weighted by Crippen LogP contribution is 2.08. The van der Waals surface area contributed by atoms with E-state index in [-0.39, 0.29) is 26.1 Å². The third-order valence-electron chi connectivity index (χ3n) is 2.33. The van der Waals surface area contributed by atoms with E-state index in [4.69, 9.17) is 14.6 Å². The van der Waals surface area contributed by atoms with Crippen LogP contribution in [0.2, 0.25) is 0 Å². The molecule has 0 radical (unpaired) electrons. The number of nitrogens with zero attached hydrogens (tertiary/aromatic N) is 1. The summed E-state index contributed by atoms with van der Waals surface area (Å²) < 4.78 is 9.79. The monoisotopic (exact) mass is 350 g/mol. The maximum Gasteiger partial charge on any atom is 0.408 e. The Hall–Kier alpha value is -2.59. The number of alkyl carbamates (subject to hydrolysis) is 1. The summed E-state index contributed by atoms with van der Waals surface area (Å²) in [5.74, 6) is -2.23. The van der Waals surface area contributed by atoms with Crippen molar-refractivity contribution in [3.63, 3.8) is 0 Å². The minimum atomic E-state index is -1.40. The standard InChI is InChI=1S/C13H22N2O9/c1-13(2,3)24-12(19)14-9(8-10(16)17)11(18)22-6-4-5-7-23-15(20)21/h9H,4-8H2,1-3H3,(H,14,19)(H,16,17). The van der Waals surface area contributed by atoms with Gasteiger partial charge in [-0.05, 0) is 33.6 Å². The topological polar surface area (TPSA) is 154 Å². The predicted molar refractivity (Wildman–Crippen MR) is 78.5 cm³/mol. The van der Waals surface area contributed by atoms with Crippen LogP contribution in [0.5, 0.6) is 0 Å². The summed E-state index contributed by atoms with van der Waals surface area (Å²) in [5.41, 5.74) is -0.807. The van der Waals surface area contributed by atoms with Gasteiger partial charge in [-0.25, -0.2) is 9.59 Å². The molecule has 138 valence electrons. The highest BCUT2D eigenvalue weighted by atomic mass is 16.9. The average molecular weight is 350 g/mol. The molecule has 0 spiro atoms. The third-order valence-corrected chi connectivity index (χ3v) is 2.33. The molecule has 0 aliphatic carbocycles. The number of hydrogen-bond acceptors (Lipinski definition) is 8. The van der Waals surface area contributed by atoms with E-state index in [1.165, 1.54) is 0 Å². The number of aliphatic carboxylic acids is 1. The van der Waals surface area contributed by atoms with Crippen LogP contribution in [0.3, 0.4) is 0 Å². The van der Waals surface area contributed by atoms with Crippen LogP contribution in [0.15, 0.2) is 0 Å². The molecule has 1 amide bonds. The first kappa shape index (κ1) is 21.4. The van der Waals surface area contributed by atoms with Crippen molar-refractivity contribution in [3.05, 3.63) is 10.1 Å². The van der Waals surface area contributed by atoms with Gasteiger partial charge in [-0.1, -0.05) is 0 Å². The first-order chi connectivity index (χ1) is 11.0. The fraction of sp³-hybridized carbons (Fsp3) is 0.769. The Bertz CT molecular complexity index is 459. The zero-order valence-corrected chi connectivity index (χ0v) is 13.8. The molecule has 0 fully saturated rings. The third kappa shape index (κ3) is 12.0. The predicted octanol–water partition coefficient (Wildman–Crippen LogP) is 0.886. The molecule has 0 saturated heterocycles. The SMILES string of the molecule is CC(C)(C)OC(=O)NC(CC(=O)O)C(=O)OCCCCO[N+](=O)[O-]. The largest absolute Gasteiger partial charge is 0.481 e. The van der Waals surface area contributed by atoms with Gasteiger partial charge in [0.25, 0.3) is 5.09 Å². The lowest BCUT2D eigenvalue weighted by atomic mass is 10.2. The number of nitrogens with one attached hydrogen (secondary N) is 1. The van der Waals surface area contributed by atoms with E-state index < -0.39 is 41.2 Å². The van der Waals surface area contributed by atoms with E-state index in [9.17, 15) is 24.5 Å². The van der Waals surface area contributed by atoms with Gasteiger partial charge in [0.05, 0.1) is 19.6 Å². The molecule has 11 nitrogen and oxygen atoms in total. The number of ether oxygens (including phenoxy) is 2. The molecular weight excluding hydrogens is 328 g/mol. The molecule has 0 aliphatic rings. The van der Waals surface area contributed by atoms with Crippen molar-refractivity contribution in [2.45, 2.75) is 51.7 Å². The smallest absolute Gasteiger partial charge is 0.408 e. The van der Waals surface area contributed by atoms with Crippen molar-refractivity contribution in [2.75, 3.05) is 13.2 Å². The number of rotatable bonds is 10. The van der Waals surface area contributed by atoms with Crippen LogP contribution in [0.1, 0.15) is 40.0 Å². The van der Waals surface area contributed by atoms with Crippen LogP contribution < -0.4 is 5.32 Å². The van der Waals surface area contributed by atoms with Crippen LogP contribution in [0.25, 0.3) is 0 Å². The van der Waals surface area contributed by atoms with Gasteiger partial charge in [-0.15, -0.1) is 10.1 Å². The van der Waals surface area contributed by atoms with E-state index in [1.54, 1.807) is 20.8 Å². The summed E-state index contributed by atoms with van der Waals surface area (Å²) in [7, 11) is 0. The van der Waals surface area contributed by atoms with Crippen LogP contribution in [-0.4, -0.2) is 53.1 Å². The zero-order chi connectivity index (χ0) is 18.8. The number of hydrogen-bond donors (Lipinski definition) is 2. The molecular formula is C13H22N2O9. The Labute approximate surface area is 138 Å². The van der Waals surface area contributed by atoms with Crippen molar-refractivity contribution in [1.82, 2.24) is 5.32 Å². The summed E-state index contributed by atoms with van der Waals surface area (Å²) in [4.78, 5) is 48.2. The van der Waals surface area contributed by atoms with Crippen molar-refractivity contribution in [1.29, 1.82) is 0 Å². The van der Waals surface area contributed by atoms with Gasteiger partial charge in [0, 0.05) is 0 Å². The second kappa shape index (κ2) is 10.2. The molecule has 0 aromatic rings. The number of carboxylic acids is 1. The summed E-state index contributed by atoms with van der Waals surface area (Å²) >= 11 is 0. The van der Waals surface area contributed by atoms with Crippen LogP contribution >= 0.6 is 0 Å². The van der Waals surface area contributed by atoms with Crippen LogP contribution in [-0.2, 0) is 23.9 Å². The van der Waals surface area contributed by atoms with Crippen molar-refractivity contribution in [2.24, 2.45) is 0 Å². The van der Waals surface area contributed by atoms with Crippen LogP contribution in [0.4, 0.5) is 4.79 Å². The van der Waals surface area contributed by atoms with Crippen molar-refractivity contribution in [3.8, 4) is 0 Å². The molecule has 0 rings (SSSR count). The molecule has 0 bridgehead atoms. The maximum atomic E-state index is 11.8. The first-order valence-electron chi connectivity index (χ1n) is 7.16. The molecule has 11 heteroatoms. The summed E-state index contributed by atoms with van der Waals surface area (Å²) in [6.07, 6.45) is -1.05. The molecule has 0 aromatic carbocycles. The summed E-state index contributed by atoms with van der Waals surface area (Å²) in [6, 6.07) is -1.40. The van der Waals surface area contributed by atoms with Crippen molar-refractivity contribution < 1.29 is 38.9 Å². The van der Waals surface area contributed by atoms with E-state index in [2.05, 4.69) is 10.2 Å². The number of unbranched alkanes of at least 4 members (excludes halogenated alkanes) is 1. The number of carboxylic acid groups (broad SMARTS) is 1. The number of carbonyl (C=O) groups excluding carboxylic acids is 2. The minimum Gasteiger partial charge on any atom is -0.481 e. The maximum absolute atomic E-state index is 11.8. The molecule has 24 heavy (non-hydrogen) atoms. The number of amides is 1. The molecule has 1 atom stereocenters. The fourth-order valence-corrected chi connectivity index (χ4v) is 1.43. The number of esters is 1. The van der Waals surface area contributed by atoms with E-state index in [0.29, 0.717) is 0 Å². The Morgan fingerprint density at radius 3 is 2.29 bits per heavy atom. The van der Waals surface area contributed by atoms with Gasteiger partial charge in [-0.3, -0.25) is 4.79 Å². The number of carbonyl (C=O) groups is 3. The molecule has 0 saturated carbocycles. The van der Waals surface area contributed by atoms with Gasteiger partial charge >= 0.3 is 18.0 Å². The minimum absolute atomic E-state index is 0.0912. The average Bonchev–Trinajstić information content (AvgIpc) is 2.38. The Balaban J connectivity index is 4.33. The second-order valence-corrected chi connectivity index (χ2v) is 5.73. The normalized spacial score (nSPS) is 12.0. The highest BCUT2D eigenvalue weighted by Gasteiger charge is 2.27. The lowest BCUT2D eigenvalue weighted by Gasteiger charge is -2.22. The second-order valence-electron chi connectivity index (χ2n) is 5.73. The molecule has 0 heterocycles. The Kier molecular flexibility index (Phi) is 9.13. The van der Waals surface area contributed by atoms with E-state index >= 15 is 0 Å². The lowest BCUT2D eigenvalue weighted by molar-refractivity contribution is -0.757. The lowest BCUT2D eigenvalue weighted by Crippen LogP contribution is -2.45. The molecule has 0 aliphatic heterocycles. The zero-order valence-electron chi connectivity index (χ0n) is 13.8. The van der Waals surface area contributed by atoms with Gasteiger partial charge < -0.3 is 24.7 Å². The van der Waals surface area contributed by atoms with E-state index in [0.717, 1.165) is 0 Å². The summed E-state index contributed by atoms with van der Waals surface area (Å²) in [6.45, 7) is 4.61. The Morgan fingerprint density at radius 2 is 1.79 bits per heavy atom. The molecule has 0 aromatic heterocycles. The van der Waals surface area contributed by atoms with Gasteiger partial charge in [0.1, 0.15) is 11.6 Å². The summed E-state index contributed by atoms with van der Waals surface area (Å²) in [5, 5.41) is 19.9. The van der Waals surface area contributed by atoms with E-state index in [1.807, 2.05) is 0 Å². The highest BCUT2D eigenvalue weighted by molar-refractivity contribution is 5.85. The first-order valence-corrected chi connectivity index (χ1v) is 7.16. The molecule has 1 unspecified atom stereocenters. The van der Waals surface area contributed by atoms with Gasteiger partial charge in [0.2, 0.25) is 0 Å². The van der Waals surface area contributed by atoms with Crippen LogP contribution in [0, 0.1) is 10.1 Å². The quantitative estimate of drug-likeness (QED) is 0.253. The van der Waals surface area contributed by atoms with Crippen molar-refractivity contribution >= 4 is 18.0 Å². The van der Waals surface area contributed by atoms with Gasteiger partial charge in [0.15, 0.2) is 0 Å². The van der Waals surface area contributed by atoms with Gasteiger partial charge in [-0.2, -0.15) is 0 Å². The molecule has 2 N–H and O–H groups in total.